The Morgan fingerprint density at radius 3 is 2.67 bits per heavy atom. The first-order chi connectivity index (χ1) is 16.0. The lowest BCUT2D eigenvalue weighted by molar-refractivity contribution is 0.355. The van der Waals surface area contributed by atoms with Gasteiger partial charge in [0.2, 0.25) is 0 Å². The Labute approximate surface area is 189 Å². The van der Waals surface area contributed by atoms with E-state index in [0.717, 1.165) is 22.2 Å². The van der Waals surface area contributed by atoms with Crippen molar-refractivity contribution in [1.82, 2.24) is 18.9 Å². The second-order valence-electron chi connectivity index (χ2n) is 7.53. The third-order valence-electron chi connectivity index (χ3n) is 5.59. The number of benzene rings is 2. The molecule has 0 fully saturated rings. The number of aromatic nitrogens is 4. The highest BCUT2D eigenvalue weighted by molar-refractivity contribution is 5.96. The number of hydrogen-bond acceptors (Lipinski definition) is 7. The van der Waals surface area contributed by atoms with Gasteiger partial charge in [0.15, 0.2) is 23.0 Å². The summed E-state index contributed by atoms with van der Waals surface area (Å²) in [7, 11) is 4.89. The molecule has 0 saturated heterocycles. The highest BCUT2D eigenvalue weighted by Crippen LogP contribution is 2.33. The molecule has 9 nitrogen and oxygen atoms in total. The Morgan fingerprint density at radius 2 is 1.88 bits per heavy atom. The van der Waals surface area contributed by atoms with Gasteiger partial charge >= 0.3 is 0 Å². The number of anilines is 3. The van der Waals surface area contributed by atoms with Crippen molar-refractivity contribution >= 4 is 33.7 Å². The highest BCUT2D eigenvalue weighted by Gasteiger charge is 2.15. The quantitative estimate of drug-likeness (QED) is 0.428. The second-order valence-corrected chi connectivity index (χ2v) is 7.53. The highest BCUT2D eigenvalue weighted by atomic mass is 16.5. The van der Waals surface area contributed by atoms with Gasteiger partial charge < -0.3 is 29.5 Å². The minimum Gasteiger partial charge on any atom is -0.493 e. The molecule has 3 heterocycles. The van der Waals surface area contributed by atoms with Gasteiger partial charge in [0.1, 0.15) is 0 Å². The molecule has 5 rings (SSSR count). The number of nitrogens with two attached hydrogens (primary N) is 1. The number of pyridine rings is 1. The van der Waals surface area contributed by atoms with E-state index in [9.17, 15) is 4.79 Å². The van der Waals surface area contributed by atoms with Gasteiger partial charge in [0.05, 0.1) is 31.1 Å². The number of nitrogens with one attached hydrogen (secondary N) is 1. The molecule has 0 spiro atoms. The van der Waals surface area contributed by atoms with Gasteiger partial charge in [-0.3, -0.25) is 4.79 Å². The molecule has 0 radical (unpaired) electrons. The van der Waals surface area contributed by atoms with Crippen molar-refractivity contribution < 1.29 is 9.47 Å². The maximum absolute atomic E-state index is 12.3. The number of ether oxygens (including phenoxy) is 2. The van der Waals surface area contributed by atoms with Crippen molar-refractivity contribution in [3.63, 3.8) is 0 Å². The van der Waals surface area contributed by atoms with Crippen LogP contribution >= 0.6 is 0 Å². The molecule has 0 unspecified atom stereocenters. The monoisotopic (exact) mass is 442 g/mol. The van der Waals surface area contributed by atoms with E-state index in [1.165, 1.54) is 0 Å². The molecule has 0 saturated carbocycles. The summed E-state index contributed by atoms with van der Waals surface area (Å²) in [5.74, 6) is 1.80. The van der Waals surface area contributed by atoms with Gasteiger partial charge in [0, 0.05) is 48.3 Å². The lowest BCUT2D eigenvalue weighted by atomic mass is 10.0. The molecular formula is C24H22N6O3. The Hall–Kier alpha value is -4.53. The summed E-state index contributed by atoms with van der Waals surface area (Å²) in [6.07, 6.45) is 5.47. The minimum atomic E-state index is -0.228. The minimum absolute atomic E-state index is 0.185. The van der Waals surface area contributed by atoms with Gasteiger partial charge in [-0.05, 0) is 24.3 Å². The van der Waals surface area contributed by atoms with Crippen LogP contribution < -0.4 is 26.1 Å². The number of fused-ring (bicyclic) bond motifs is 2. The molecule has 0 bridgehead atoms. The van der Waals surface area contributed by atoms with E-state index in [0.29, 0.717) is 28.7 Å². The van der Waals surface area contributed by atoms with E-state index in [1.54, 1.807) is 38.1 Å². The van der Waals surface area contributed by atoms with Crippen LogP contribution in [0.15, 0.2) is 65.8 Å². The van der Waals surface area contributed by atoms with Crippen molar-refractivity contribution in [3.05, 3.63) is 71.4 Å². The van der Waals surface area contributed by atoms with Crippen molar-refractivity contribution in [2.24, 2.45) is 7.05 Å². The van der Waals surface area contributed by atoms with Crippen molar-refractivity contribution in [2.75, 3.05) is 25.3 Å². The van der Waals surface area contributed by atoms with Crippen LogP contribution in [0.4, 0.5) is 17.2 Å². The molecule has 166 valence electrons. The number of hydrogen-bond donors (Lipinski definition) is 2. The molecule has 3 N–H and O–H groups in total. The van der Waals surface area contributed by atoms with E-state index >= 15 is 0 Å². The molecule has 0 atom stereocenters. The number of imidazole rings is 1. The zero-order valence-corrected chi connectivity index (χ0v) is 18.4. The van der Waals surface area contributed by atoms with Crippen molar-refractivity contribution in [1.29, 1.82) is 0 Å². The first-order valence-electron chi connectivity index (χ1n) is 10.2. The molecule has 0 aliphatic carbocycles. The topological polar surface area (TPSA) is 109 Å². The van der Waals surface area contributed by atoms with Gasteiger partial charge in [-0.1, -0.05) is 12.1 Å². The SMILES string of the molecule is COc1ccc(Nc2nc(-c3cccc4c3cc(N)c(=O)n4C)cn3ccnc23)cc1OC. The molecule has 0 aliphatic heterocycles. The Kier molecular flexibility index (Phi) is 4.86. The fourth-order valence-corrected chi connectivity index (χ4v) is 3.94. The number of nitrogens with zero attached hydrogens (tertiary/aromatic N) is 4. The molecule has 0 amide bonds. The van der Waals surface area contributed by atoms with E-state index < -0.39 is 0 Å². The summed E-state index contributed by atoms with van der Waals surface area (Å²) in [6, 6.07) is 13.0. The van der Waals surface area contributed by atoms with Gasteiger partial charge in [-0.25, -0.2) is 9.97 Å². The third-order valence-corrected chi connectivity index (χ3v) is 5.59. The molecule has 5 aromatic rings. The predicted molar refractivity (Wildman–Crippen MR) is 128 cm³/mol. The molecule has 2 aromatic carbocycles. The number of aryl methyl sites for hydroxylation is 1. The van der Waals surface area contributed by atoms with E-state index in [1.807, 2.05) is 53.2 Å². The van der Waals surface area contributed by atoms with E-state index in [-0.39, 0.29) is 11.2 Å². The van der Waals surface area contributed by atoms with E-state index in [2.05, 4.69) is 10.3 Å². The van der Waals surface area contributed by atoms with Gasteiger partial charge in [0.25, 0.3) is 5.56 Å². The first-order valence-corrected chi connectivity index (χ1v) is 10.2. The van der Waals surface area contributed by atoms with E-state index in [4.69, 9.17) is 20.2 Å². The van der Waals surface area contributed by atoms with Crippen LogP contribution in [0.3, 0.4) is 0 Å². The molecular weight excluding hydrogens is 420 g/mol. The number of rotatable bonds is 5. The summed E-state index contributed by atoms with van der Waals surface area (Å²) in [5, 5.41) is 4.17. The molecule has 3 aromatic heterocycles. The Bertz CT molecular complexity index is 1570. The number of methoxy groups -OCH3 is 2. The summed E-state index contributed by atoms with van der Waals surface area (Å²) in [5.41, 5.74) is 9.70. The summed E-state index contributed by atoms with van der Waals surface area (Å²) < 4.78 is 14.2. The first kappa shape index (κ1) is 20.4. The maximum atomic E-state index is 12.3. The average molecular weight is 442 g/mol. The van der Waals surface area contributed by atoms with Gasteiger partial charge in [-0.15, -0.1) is 0 Å². The Morgan fingerprint density at radius 1 is 1.06 bits per heavy atom. The third kappa shape index (κ3) is 3.39. The maximum Gasteiger partial charge on any atom is 0.273 e. The van der Waals surface area contributed by atoms with Crippen LogP contribution in [0.5, 0.6) is 11.5 Å². The molecule has 33 heavy (non-hydrogen) atoms. The summed E-state index contributed by atoms with van der Waals surface area (Å²) in [4.78, 5) is 21.6. The lowest BCUT2D eigenvalue weighted by Gasteiger charge is -2.14. The average Bonchev–Trinajstić information content (AvgIpc) is 3.31. The standard InChI is InChI=1S/C24H22N6O3/c1-29-19-6-4-5-15(16(19)12-17(25)24(29)31)18-13-30-10-9-26-23(30)22(28-18)27-14-7-8-20(32-2)21(11-14)33-3/h4-13H,25H2,1-3H3,(H,27,28). The van der Waals surface area contributed by atoms with Crippen LogP contribution in [0, 0.1) is 0 Å². The van der Waals surface area contributed by atoms with Crippen LogP contribution in [-0.4, -0.2) is 33.2 Å². The zero-order chi connectivity index (χ0) is 23.1. The fourth-order valence-electron chi connectivity index (χ4n) is 3.94. The van der Waals surface area contributed by atoms with Crippen LogP contribution in [-0.2, 0) is 7.05 Å². The molecule has 9 heteroatoms. The summed E-state index contributed by atoms with van der Waals surface area (Å²) in [6.45, 7) is 0. The molecule has 0 aliphatic rings. The van der Waals surface area contributed by atoms with Crippen LogP contribution in [0.1, 0.15) is 0 Å². The van der Waals surface area contributed by atoms with Crippen molar-refractivity contribution in [2.45, 2.75) is 0 Å². The largest absolute Gasteiger partial charge is 0.493 e. The second kappa shape index (κ2) is 7.86. The van der Waals surface area contributed by atoms with Crippen LogP contribution in [0.25, 0.3) is 27.8 Å². The Balaban J connectivity index is 1.68. The summed E-state index contributed by atoms with van der Waals surface area (Å²) >= 11 is 0. The normalized spacial score (nSPS) is 11.1. The zero-order valence-electron chi connectivity index (χ0n) is 18.4. The van der Waals surface area contributed by atoms with Crippen molar-refractivity contribution in [3.8, 4) is 22.8 Å². The van der Waals surface area contributed by atoms with Crippen LogP contribution in [0.2, 0.25) is 0 Å². The number of nitrogen functional groups attached to an aromatic ring is 1. The fraction of sp³-hybridized carbons (Fsp3) is 0.125. The lowest BCUT2D eigenvalue weighted by Crippen LogP contribution is -2.20. The smallest absolute Gasteiger partial charge is 0.273 e. The predicted octanol–water partition coefficient (Wildman–Crippen LogP) is 3.59. The van der Waals surface area contributed by atoms with Gasteiger partial charge in [-0.2, -0.15) is 0 Å².